The Hall–Kier alpha value is -0.830. The van der Waals surface area contributed by atoms with Crippen LogP contribution in [0.5, 0.6) is 0 Å². The molecule has 0 aromatic heterocycles. The van der Waals surface area contributed by atoms with Crippen LogP contribution in [-0.4, -0.2) is 11.7 Å². The van der Waals surface area contributed by atoms with Crippen molar-refractivity contribution < 1.29 is 5.11 Å². The summed E-state index contributed by atoms with van der Waals surface area (Å²) in [4.78, 5) is 0. The third kappa shape index (κ3) is 3.14. The van der Waals surface area contributed by atoms with Crippen LogP contribution in [0.4, 0.5) is 0 Å². The van der Waals surface area contributed by atoms with Crippen LogP contribution in [0.2, 0.25) is 5.02 Å². The lowest BCUT2D eigenvalue weighted by molar-refractivity contribution is 0.264. The van der Waals surface area contributed by atoms with E-state index in [1.807, 2.05) is 42.5 Å². The summed E-state index contributed by atoms with van der Waals surface area (Å²) in [6.45, 7) is 0.0884. The van der Waals surface area contributed by atoms with Crippen LogP contribution in [0.1, 0.15) is 17.0 Å². The molecule has 0 aliphatic carbocycles. The van der Waals surface area contributed by atoms with Gasteiger partial charge < -0.3 is 5.11 Å². The van der Waals surface area contributed by atoms with Crippen molar-refractivity contribution in [2.45, 2.75) is 12.3 Å². The molecule has 0 fully saturated rings. The zero-order valence-corrected chi connectivity index (χ0v) is 12.2. The summed E-state index contributed by atoms with van der Waals surface area (Å²) < 4.78 is 1.07. The standard InChI is InChI=1S/C15H14BrClO/c16-14-7-3-1-5-11(14)9-12(10-18)13-6-2-4-8-15(13)17/h1-8,12,18H,9-10H2. The Kier molecular flexibility index (Phi) is 4.81. The zero-order valence-electron chi connectivity index (χ0n) is 9.81. The van der Waals surface area contributed by atoms with Gasteiger partial charge in [0.05, 0.1) is 6.61 Å². The SMILES string of the molecule is OCC(Cc1ccccc1Br)c1ccccc1Cl. The van der Waals surface area contributed by atoms with Gasteiger partial charge in [0.2, 0.25) is 0 Å². The summed E-state index contributed by atoms with van der Waals surface area (Å²) in [5.74, 6) is 0.0254. The Bertz CT molecular complexity index is 527. The quantitative estimate of drug-likeness (QED) is 0.882. The second kappa shape index (κ2) is 6.37. The fourth-order valence-corrected chi connectivity index (χ4v) is 2.75. The molecule has 1 N–H and O–H groups in total. The van der Waals surface area contributed by atoms with E-state index in [9.17, 15) is 5.11 Å². The first-order chi connectivity index (χ1) is 8.72. The molecule has 2 rings (SSSR count). The van der Waals surface area contributed by atoms with Crippen molar-refractivity contribution >= 4 is 27.5 Å². The molecule has 0 spiro atoms. The monoisotopic (exact) mass is 324 g/mol. The smallest absolute Gasteiger partial charge is 0.0503 e. The van der Waals surface area contributed by atoms with Crippen LogP contribution in [-0.2, 0) is 6.42 Å². The molecule has 0 aliphatic heterocycles. The Morgan fingerprint density at radius 2 is 1.72 bits per heavy atom. The lowest BCUT2D eigenvalue weighted by Gasteiger charge is -2.17. The lowest BCUT2D eigenvalue weighted by atomic mass is 9.93. The van der Waals surface area contributed by atoms with E-state index < -0.39 is 0 Å². The summed E-state index contributed by atoms with van der Waals surface area (Å²) in [5.41, 5.74) is 2.17. The Morgan fingerprint density at radius 1 is 1.06 bits per heavy atom. The molecule has 0 aliphatic rings. The molecule has 1 nitrogen and oxygen atoms in total. The number of benzene rings is 2. The predicted octanol–water partition coefficient (Wildman–Crippen LogP) is 4.42. The lowest BCUT2D eigenvalue weighted by Crippen LogP contribution is -2.08. The van der Waals surface area contributed by atoms with Crippen molar-refractivity contribution in [3.63, 3.8) is 0 Å². The zero-order chi connectivity index (χ0) is 13.0. The molecular weight excluding hydrogens is 312 g/mol. The molecule has 0 saturated heterocycles. The number of hydrogen-bond acceptors (Lipinski definition) is 1. The van der Waals surface area contributed by atoms with Crippen LogP contribution >= 0.6 is 27.5 Å². The van der Waals surface area contributed by atoms with Crippen LogP contribution in [0.15, 0.2) is 53.0 Å². The van der Waals surface area contributed by atoms with Crippen LogP contribution in [0.3, 0.4) is 0 Å². The van der Waals surface area contributed by atoms with Crippen LogP contribution in [0.25, 0.3) is 0 Å². The topological polar surface area (TPSA) is 20.2 Å². The van der Waals surface area contributed by atoms with Gasteiger partial charge in [-0.3, -0.25) is 0 Å². The average Bonchev–Trinajstić information content (AvgIpc) is 2.39. The van der Waals surface area contributed by atoms with Crippen molar-refractivity contribution in [2.75, 3.05) is 6.61 Å². The number of rotatable bonds is 4. The minimum absolute atomic E-state index is 0.0254. The fraction of sp³-hybridized carbons (Fsp3) is 0.200. The first kappa shape index (κ1) is 13.6. The summed E-state index contributed by atoms with van der Waals surface area (Å²) in [6, 6.07) is 15.7. The summed E-state index contributed by atoms with van der Waals surface area (Å²) in [5, 5.41) is 10.3. The normalized spacial score (nSPS) is 12.4. The van der Waals surface area contributed by atoms with E-state index in [1.165, 1.54) is 5.56 Å². The highest BCUT2D eigenvalue weighted by Gasteiger charge is 2.15. The van der Waals surface area contributed by atoms with Crippen molar-refractivity contribution in [1.29, 1.82) is 0 Å². The minimum atomic E-state index is 0.0254. The van der Waals surface area contributed by atoms with Gasteiger partial charge in [-0.1, -0.05) is 63.9 Å². The maximum Gasteiger partial charge on any atom is 0.0503 e. The first-order valence-electron chi connectivity index (χ1n) is 5.81. The molecular formula is C15H14BrClO. The number of aliphatic hydroxyl groups excluding tert-OH is 1. The summed E-state index contributed by atoms with van der Waals surface area (Å²) >= 11 is 9.71. The van der Waals surface area contributed by atoms with Crippen molar-refractivity contribution in [3.8, 4) is 0 Å². The average molecular weight is 326 g/mol. The molecule has 0 saturated carbocycles. The number of aliphatic hydroxyl groups is 1. The van der Waals surface area contributed by atoms with Crippen molar-refractivity contribution in [3.05, 3.63) is 69.2 Å². The minimum Gasteiger partial charge on any atom is -0.396 e. The molecule has 0 amide bonds. The highest BCUT2D eigenvalue weighted by Crippen LogP contribution is 2.29. The van der Waals surface area contributed by atoms with E-state index >= 15 is 0 Å². The molecule has 3 heteroatoms. The molecule has 94 valence electrons. The van der Waals surface area contributed by atoms with Gasteiger partial charge in [0, 0.05) is 15.4 Å². The van der Waals surface area contributed by atoms with Crippen molar-refractivity contribution in [2.24, 2.45) is 0 Å². The molecule has 0 bridgehead atoms. The van der Waals surface area contributed by atoms with E-state index in [0.29, 0.717) is 5.02 Å². The predicted molar refractivity (Wildman–Crippen MR) is 79.1 cm³/mol. The van der Waals surface area contributed by atoms with Crippen LogP contribution in [0, 0.1) is 0 Å². The first-order valence-corrected chi connectivity index (χ1v) is 6.98. The number of hydrogen-bond donors (Lipinski definition) is 1. The fourth-order valence-electron chi connectivity index (χ4n) is 2.01. The van der Waals surface area contributed by atoms with Gasteiger partial charge in [-0.15, -0.1) is 0 Å². The van der Waals surface area contributed by atoms with Gasteiger partial charge in [0.1, 0.15) is 0 Å². The van der Waals surface area contributed by atoms with E-state index in [-0.39, 0.29) is 12.5 Å². The van der Waals surface area contributed by atoms with Crippen molar-refractivity contribution in [1.82, 2.24) is 0 Å². The van der Waals surface area contributed by atoms with E-state index in [0.717, 1.165) is 16.5 Å². The van der Waals surface area contributed by atoms with Gasteiger partial charge >= 0.3 is 0 Å². The molecule has 0 radical (unpaired) electrons. The Balaban J connectivity index is 2.26. The highest BCUT2D eigenvalue weighted by molar-refractivity contribution is 9.10. The van der Waals surface area contributed by atoms with E-state index in [1.54, 1.807) is 0 Å². The van der Waals surface area contributed by atoms with Gasteiger partial charge in [-0.25, -0.2) is 0 Å². The molecule has 2 aromatic rings. The van der Waals surface area contributed by atoms with E-state index in [2.05, 4.69) is 22.0 Å². The second-order valence-electron chi connectivity index (χ2n) is 4.20. The summed E-state index contributed by atoms with van der Waals surface area (Å²) in [6.07, 6.45) is 0.766. The molecule has 18 heavy (non-hydrogen) atoms. The second-order valence-corrected chi connectivity index (χ2v) is 5.46. The maximum atomic E-state index is 9.58. The summed E-state index contributed by atoms with van der Waals surface area (Å²) in [7, 11) is 0. The molecule has 1 unspecified atom stereocenters. The van der Waals surface area contributed by atoms with Gasteiger partial charge in [0.25, 0.3) is 0 Å². The van der Waals surface area contributed by atoms with Gasteiger partial charge in [0.15, 0.2) is 0 Å². The van der Waals surface area contributed by atoms with Gasteiger partial charge in [-0.2, -0.15) is 0 Å². The van der Waals surface area contributed by atoms with Gasteiger partial charge in [-0.05, 0) is 29.7 Å². The Morgan fingerprint density at radius 3 is 2.39 bits per heavy atom. The third-order valence-electron chi connectivity index (χ3n) is 2.99. The molecule has 0 heterocycles. The third-order valence-corrected chi connectivity index (χ3v) is 4.11. The maximum absolute atomic E-state index is 9.58. The van der Waals surface area contributed by atoms with E-state index in [4.69, 9.17) is 11.6 Å². The largest absolute Gasteiger partial charge is 0.396 e. The Labute approximate surface area is 121 Å². The molecule has 1 atom stereocenters. The highest BCUT2D eigenvalue weighted by atomic mass is 79.9. The van der Waals surface area contributed by atoms with Crippen LogP contribution < -0.4 is 0 Å². The number of halogens is 2. The molecule has 2 aromatic carbocycles.